The second-order valence-electron chi connectivity index (χ2n) is 3.84. The Bertz CT molecular complexity index is 408. The number of benzene rings is 1. The highest BCUT2D eigenvalue weighted by Crippen LogP contribution is 2.11. The molecule has 0 atom stereocenters. The van der Waals surface area contributed by atoms with Crippen LogP contribution in [0.3, 0.4) is 0 Å². The van der Waals surface area contributed by atoms with Gasteiger partial charge in [0.25, 0.3) is 0 Å². The summed E-state index contributed by atoms with van der Waals surface area (Å²) in [6.07, 6.45) is 3.47. The van der Waals surface area contributed by atoms with Crippen LogP contribution in [-0.2, 0) is 4.74 Å². The zero-order valence-corrected chi connectivity index (χ0v) is 11.0. The van der Waals surface area contributed by atoms with Gasteiger partial charge in [-0.05, 0) is 24.3 Å². The van der Waals surface area contributed by atoms with E-state index in [9.17, 15) is 4.79 Å². The van der Waals surface area contributed by atoms with Gasteiger partial charge in [-0.15, -0.1) is 0 Å². The first kappa shape index (κ1) is 12.3. The number of hydrogen-bond donors (Lipinski definition) is 0. The zero-order chi connectivity index (χ0) is 12.1. The molecule has 0 bridgehead atoms. The quantitative estimate of drug-likeness (QED) is 0.634. The second kappa shape index (κ2) is 5.98. The largest absolute Gasteiger partial charge is 0.378 e. The van der Waals surface area contributed by atoms with E-state index in [-0.39, 0.29) is 5.78 Å². The second-order valence-corrected chi connectivity index (χ2v) is 4.75. The first-order chi connectivity index (χ1) is 8.25. The van der Waals surface area contributed by atoms with Gasteiger partial charge >= 0.3 is 0 Å². The van der Waals surface area contributed by atoms with Gasteiger partial charge in [-0.3, -0.25) is 4.79 Å². The van der Waals surface area contributed by atoms with Gasteiger partial charge in [0.1, 0.15) is 0 Å². The number of ether oxygens (including phenoxy) is 1. The first-order valence-corrected chi connectivity index (χ1v) is 6.35. The molecule has 1 aromatic carbocycles. The van der Waals surface area contributed by atoms with Crippen LogP contribution in [0.5, 0.6) is 0 Å². The molecule has 0 amide bonds. The maximum Gasteiger partial charge on any atom is 0.187 e. The Balaban J connectivity index is 1.96. The van der Waals surface area contributed by atoms with Gasteiger partial charge < -0.3 is 9.64 Å². The zero-order valence-electron chi connectivity index (χ0n) is 9.43. The van der Waals surface area contributed by atoms with Crippen molar-refractivity contribution in [3.8, 4) is 0 Å². The molecule has 0 saturated carbocycles. The van der Waals surface area contributed by atoms with Crippen molar-refractivity contribution >= 4 is 21.7 Å². The molecule has 1 saturated heterocycles. The van der Waals surface area contributed by atoms with Gasteiger partial charge in [0, 0.05) is 35.4 Å². The average molecular weight is 296 g/mol. The van der Waals surface area contributed by atoms with Crippen molar-refractivity contribution in [3.05, 3.63) is 46.6 Å². The van der Waals surface area contributed by atoms with Crippen LogP contribution in [0.4, 0.5) is 0 Å². The molecule has 4 heteroatoms. The van der Waals surface area contributed by atoms with Crippen molar-refractivity contribution < 1.29 is 9.53 Å². The Morgan fingerprint density at radius 3 is 2.53 bits per heavy atom. The molecule has 0 radical (unpaired) electrons. The smallest absolute Gasteiger partial charge is 0.187 e. The van der Waals surface area contributed by atoms with Gasteiger partial charge in [-0.25, -0.2) is 0 Å². The third kappa shape index (κ3) is 3.68. The molecule has 90 valence electrons. The predicted molar refractivity (Wildman–Crippen MR) is 70.0 cm³/mol. The van der Waals surface area contributed by atoms with Gasteiger partial charge in [0.2, 0.25) is 0 Å². The molecule has 0 spiro atoms. The van der Waals surface area contributed by atoms with Crippen molar-refractivity contribution in [1.82, 2.24) is 4.90 Å². The molecule has 1 fully saturated rings. The van der Waals surface area contributed by atoms with Crippen molar-refractivity contribution in [2.75, 3.05) is 26.3 Å². The summed E-state index contributed by atoms with van der Waals surface area (Å²) in [6.45, 7) is 3.17. The molecule has 0 aromatic heterocycles. The normalized spacial score (nSPS) is 16.4. The number of morpholine rings is 1. The lowest BCUT2D eigenvalue weighted by Gasteiger charge is -2.24. The van der Waals surface area contributed by atoms with Crippen LogP contribution in [0.25, 0.3) is 0 Å². The van der Waals surface area contributed by atoms with Crippen LogP contribution < -0.4 is 0 Å². The van der Waals surface area contributed by atoms with Crippen LogP contribution in [0.15, 0.2) is 41.0 Å². The van der Waals surface area contributed by atoms with Crippen LogP contribution in [0, 0.1) is 0 Å². The van der Waals surface area contributed by atoms with E-state index in [0.29, 0.717) is 5.56 Å². The Morgan fingerprint density at radius 2 is 1.88 bits per heavy atom. The van der Waals surface area contributed by atoms with E-state index in [0.717, 1.165) is 30.8 Å². The fourth-order valence-corrected chi connectivity index (χ4v) is 1.87. The van der Waals surface area contributed by atoms with E-state index in [4.69, 9.17) is 4.74 Å². The van der Waals surface area contributed by atoms with E-state index >= 15 is 0 Å². The highest BCUT2D eigenvalue weighted by atomic mass is 79.9. The van der Waals surface area contributed by atoms with Gasteiger partial charge in [-0.2, -0.15) is 0 Å². The topological polar surface area (TPSA) is 29.5 Å². The van der Waals surface area contributed by atoms with Crippen LogP contribution in [0.2, 0.25) is 0 Å². The summed E-state index contributed by atoms with van der Waals surface area (Å²) in [5.41, 5.74) is 0.706. The van der Waals surface area contributed by atoms with Gasteiger partial charge in [-0.1, -0.05) is 15.9 Å². The molecule has 0 N–H and O–H groups in total. The summed E-state index contributed by atoms with van der Waals surface area (Å²) >= 11 is 3.34. The molecule has 0 unspecified atom stereocenters. The minimum Gasteiger partial charge on any atom is -0.378 e. The molecule has 1 aromatic rings. The number of hydrogen-bond acceptors (Lipinski definition) is 3. The highest BCUT2D eigenvalue weighted by molar-refractivity contribution is 9.10. The lowest BCUT2D eigenvalue weighted by atomic mass is 10.1. The van der Waals surface area contributed by atoms with Crippen LogP contribution >= 0.6 is 15.9 Å². The minimum absolute atomic E-state index is 0.0315. The molecule has 2 rings (SSSR count). The first-order valence-electron chi connectivity index (χ1n) is 5.55. The molecule has 1 heterocycles. The van der Waals surface area contributed by atoms with Crippen molar-refractivity contribution in [1.29, 1.82) is 0 Å². The Hall–Kier alpha value is -1.13. The van der Waals surface area contributed by atoms with E-state index in [2.05, 4.69) is 20.8 Å². The number of carbonyl (C=O) groups is 1. The maximum atomic E-state index is 11.8. The van der Waals surface area contributed by atoms with Gasteiger partial charge in [0.05, 0.1) is 13.2 Å². The molecule has 17 heavy (non-hydrogen) atoms. The van der Waals surface area contributed by atoms with E-state index in [1.807, 2.05) is 30.5 Å². The number of rotatable bonds is 3. The van der Waals surface area contributed by atoms with Gasteiger partial charge in [0.15, 0.2) is 5.78 Å². The molecular weight excluding hydrogens is 282 g/mol. The van der Waals surface area contributed by atoms with E-state index in [1.165, 1.54) is 0 Å². The fourth-order valence-electron chi connectivity index (χ4n) is 1.61. The summed E-state index contributed by atoms with van der Waals surface area (Å²) in [7, 11) is 0. The molecule has 1 aliphatic rings. The summed E-state index contributed by atoms with van der Waals surface area (Å²) in [5, 5.41) is 0. The van der Waals surface area contributed by atoms with Crippen LogP contribution in [-0.4, -0.2) is 37.0 Å². The molecule has 1 aliphatic heterocycles. The highest BCUT2D eigenvalue weighted by Gasteiger charge is 2.06. The lowest BCUT2D eigenvalue weighted by molar-refractivity contribution is 0.0591. The minimum atomic E-state index is 0.0315. The number of carbonyl (C=O) groups excluding carboxylic acids is 1. The number of allylic oxidation sites excluding steroid dienone is 1. The maximum absolute atomic E-state index is 11.8. The summed E-state index contributed by atoms with van der Waals surface area (Å²) in [4.78, 5) is 13.9. The van der Waals surface area contributed by atoms with E-state index in [1.54, 1.807) is 6.08 Å². The molecule has 0 aliphatic carbocycles. The Morgan fingerprint density at radius 1 is 1.24 bits per heavy atom. The van der Waals surface area contributed by atoms with E-state index < -0.39 is 0 Å². The third-order valence-electron chi connectivity index (χ3n) is 2.61. The predicted octanol–water partition coefficient (Wildman–Crippen LogP) is 2.48. The fraction of sp³-hybridized carbons (Fsp3) is 0.308. The monoisotopic (exact) mass is 295 g/mol. The summed E-state index contributed by atoms with van der Waals surface area (Å²) in [5.74, 6) is 0.0315. The number of nitrogens with zero attached hydrogens (tertiary/aromatic N) is 1. The molecule has 3 nitrogen and oxygen atoms in total. The SMILES string of the molecule is O=C(/C=C/N1CCOCC1)c1ccc(Br)cc1. The molecular formula is C13H14BrNO2. The number of halogens is 1. The lowest BCUT2D eigenvalue weighted by Crippen LogP contribution is -2.32. The average Bonchev–Trinajstić information content (AvgIpc) is 2.38. The van der Waals surface area contributed by atoms with Crippen LogP contribution in [0.1, 0.15) is 10.4 Å². The number of ketones is 1. The van der Waals surface area contributed by atoms with Crippen molar-refractivity contribution in [2.24, 2.45) is 0 Å². The Kier molecular flexibility index (Phi) is 4.34. The summed E-state index contributed by atoms with van der Waals surface area (Å²) < 4.78 is 6.22. The third-order valence-corrected chi connectivity index (χ3v) is 3.14. The standard InChI is InChI=1S/C13H14BrNO2/c14-12-3-1-11(2-4-12)13(16)5-6-15-7-9-17-10-8-15/h1-6H,7-10H2/b6-5+. The van der Waals surface area contributed by atoms with Crippen molar-refractivity contribution in [3.63, 3.8) is 0 Å². The summed E-state index contributed by atoms with van der Waals surface area (Å²) in [6, 6.07) is 7.37. The Labute approximate surface area is 109 Å². The van der Waals surface area contributed by atoms with Crippen molar-refractivity contribution in [2.45, 2.75) is 0 Å².